The Labute approximate surface area is 132 Å². The number of ether oxygens (including phenoxy) is 1. The van der Waals surface area contributed by atoms with Crippen LogP contribution in [0.1, 0.15) is 0 Å². The van der Waals surface area contributed by atoms with Crippen molar-refractivity contribution < 1.29 is 9.53 Å². The fourth-order valence-electron chi connectivity index (χ4n) is 1.82. The molecule has 0 fully saturated rings. The molecule has 0 saturated carbocycles. The summed E-state index contributed by atoms with van der Waals surface area (Å²) < 4.78 is 6.33. The average molecular weight is 322 g/mol. The first-order valence-corrected chi connectivity index (χ1v) is 6.92. The van der Waals surface area contributed by atoms with Crippen LogP contribution in [-0.2, 0) is 11.3 Å². The molecule has 2 rings (SSSR count). The molecule has 0 N–H and O–H groups in total. The van der Waals surface area contributed by atoms with Gasteiger partial charge in [0.2, 0.25) is 5.91 Å². The van der Waals surface area contributed by atoms with Crippen molar-refractivity contribution in [1.82, 2.24) is 14.7 Å². The SMILES string of the molecule is COc1cc(=O)n(CC(=O)N(C)C)nc1-c1ccc(Cl)cc1. The molecule has 0 radical (unpaired) electrons. The lowest BCUT2D eigenvalue weighted by atomic mass is 10.1. The van der Waals surface area contributed by atoms with E-state index in [9.17, 15) is 9.59 Å². The van der Waals surface area contributed by atoms with Gasteiger partial charge in [-0.3, -0.25) is 9.59 Å². The topological polar surface area (TPSA) is 64.4 Å². The van der Waals surface area contributed by atoms with Crippen LogP contribution in [-0.4, -0.2) is 41.8 Å². The van der Waals surface area contributed by atoms with Gasteiger partial charge in [0.15, 0.2) is 5.75 Å². The third-order valence-corrected chi connectivity index (χ3v) is 3.34. The van der Waals surface area contributed by atoms with E-state index in [0.717, 1.165) is 10.2 Å². The number of hydrogen-bond donors (Lipinski definition) is 0. The second kappa shape index (κ2) is 6.62. The summed E-state index contributed by atoms with van der Waals surface area (Å²) >= 11 is 5.88. The third-order valence-electron chi connectivity index (χ3n) is 3.08. The predicted molar refractivity (Wildman–Crippen MR) is 84.2 cm³/mol. The van der Waals surface area contributed by atoms with Gasteiger partial charge in [0, 0.05) is 30.7 Å². The lowest BCUT2D eigenvalue weighted by molar-refractivity contribution is -0.129. The fourth-order valence-corrected chi connectivity index (χ4v) is 1.95. The van der Waals surface area contributed by atoms with E-state index >= 15 is 0 Å². The van der Waals surface area contributed by atoms with Crippen molar-refractivity contribution in [1.29, 1.82) is 0 Å². The zero-order valence-corrected chi connectivity index (χ0v) is 13.3. The van der Waals surface area contributed by atoms with Gasteiger partial charge in [0.1, 0.15) is 12.2 Å². The molecule has 0 aliphatic heterocycles. The summed E-state index contributed by atoms with van der Waals surface area (Å²) in [6, 6.07) is 8.31. The average Bonchev–Trinajstić information content (AvgIpc) is 2.49. The summed E-state index contributed by atoms with van der Waals surface area (Å²) in [5.41, 5.74) is 0.822. The van der Waals surface area contributed by atoms with Gasteiger partial charge in [-0.25, -0.2) is 4.68 Å². The number of nitrogens with zero attached hydrogens (tertiary/aromatic N) is 3. The van der Waals surface area contributed by atoms with Gasteiger partial charge < -0.3 is 9.64 Å². The summed E-state index contributed by atoms with van der Waals surface area (Å²) in [6.45, 7) is -0.129. The first-order valence-electron chi connectivity index (χ1n) is 6.54. The zero-order chi connectivity index (χ0) is 16.3. The van der Waals surface area contributed by atoms with Crippen molar-refractivity contribution in [2.24, 2.45) is 0 Å². The van der Waals surface area contributed by atoms with E-state index in [-0.39, 0.29) is 12.5 Å². The molecular formula is C15H16ClN3O3. The van der Waals surface area contributed by atoms with Crippen LogP contribution in [0.4, 0.5) is 0 Å². The van der Waals surface area contributed by atoms with Gasteiger partial charge in [-0.2, -0.15) is 5.10 Å². The Bertz CT molecular complexity index is 739. The second-order valence-electron chi connectivity index (χ2n) is 4.85. The molecule has 1 amide bonds. The van der Waals surface area contributed by atoms with Crippen molar-refractivity contribution in [2.45, 2.75) is 6.54 Å². The van der Waals surface area contributed by atoms with Crippen LogP contribution in [0, 0.1) is 0 Å². The quantitative estimate of drug-likeness (QED) is 0.859. The monoisotopic (exact) mass is 321 g/mol. The fraction of sp³-hybridized carbons (Fsp3) is 0.267. The molecule has 116 valence electrons. The van der Waals surface area contributed by atoms with Crippen LogP contribution >= 0.6 is 11.6 Å². The van der Waals surface area contributed by atoms with Crippen LogP contribution in [0.3, 0.4) is 0 Å². The number of benzene rings is 1. The van der Waals surface area contributed by atoms with Crippen molar-refractivity contribution in [3.8, 4) is 17.0 Å². The molecule has 0 unspecified atom stereocenters. The number of rotatable bonds is 4. The van der Waals surface area contributed by atoms with Crippen LogP contribution in [0.25, 0.3) is 11.3 Å². The molecule has 0 aliphatic carbocycles. The summed E-state index contributed by atoms with van der Waals surface area (Å²) in [7, 11) is 4.71. The lowest BCUT2D eigenvalue weighted by Gasteiger charge is -2.13. The summed E-state index contributed by atoms with van der Waals surface area (Å²) in [4.78, 5) is 25.2. The Balaban J connectivity index is 2.50. The molecule has 0 spiro atoms. The molecule has 7 heteroatoms. The predicted octanol–water partition coefficient (Wildman–Crippen LogP) is 1.66. The minimum absolute atomic E-state index is 0.129. The highest BCUT2D eigenvalue weighted by atomic mass is 35.5. The zero-order valence-electron chi connectivity index (χ0n) is 12.5. The normalized spacial score (nSPS) is 10.4. The van der Waals surface area contributed by atoms with Crippen molar-refractivity contribution in [3.63, 3.8) is 0 Å². The molecule has 2 aromatic rings. The van der Waals surface area contributed by atoms with Crippen molar-refractivity contribution in [2.75, 3.05) is 21.2 Å². The van der Waals surface area contributed by atoms with E-state index in [2.05, 4.69) is 5.10 Å². The van der Waals surface area contributed by atoms with Crippen LogP contribution in [0.5, 0.6) is 5.75 Å². The van der Waals surface area contributed by atoms with E-state index in [1.165, 1.54) is 18.1 Å². The minimum Gasteiger partial charge on any atom is -0.494 e. The number of aromatic nitrogens is 2. The standard InChI is InChI=1S/C15H16ClN3O3/c1-18(2)14(21)9-19-13(20)8-12(22-3)15(17-19)10-4-6-11(16)7-5-10/h4-8H,9H2,1-3H3. The lowest BCUT2D eigenvalue weighted by Crippen LogP contribution is -2.33. The van der Waals surface area contributed by atoms with E-state index in [4.69, 9.17) is 16.3 Å². The van der Waals surface area contributed by atoms with Gasteiger partial charge in [0.25, 0.3) is 5.56 Å². The molecule has 1 aromatic heterocycles. The van der Waals surface area contributed by atoms with Crippen molar-refractivity contribution in [3.05, 3.63) is 45.7 Å². The van der Waals surface area contributed by atoms with Gasteiger partial charge >= 0.3 is 0 Å². The molecule has 22 heavy (non-hydrogen) atoms. The molecule has 1 aromatic carbocycles. The Hall–Kier alpha value is -2.34. The van der Waals surface area contributed by atoms with Crippen LogP contribution < -0.4 is 10.3 Å². The third kappa shape index (κ3) is 3.46. The van der Waals surface area contributed by atoms with Gasteiger partial charge in [-0.1, -0.05) is 23.7 Å². The minimum atomic E-state index is -0.398. The molecule has 0 aliphatic rings. The number of halogens is 1. The number of amides is 1. The number of carbonyl (C=O) groups is 1. The van der Waals surface area contributed by atoms with E-state index in [0.29, 0.717) is 16.5 Å². The highest BCUT2D eigenvalue weighted by Crippen LogP contribution is 2.26. The Morgan fingerprint density at radius 2 is 1.95 bits per heavy atom. The van der Waals surface area contributed by atoms with Gasteiger partial charge in [-0.15, -0.1) is 0 Å². The first kappa shape index (κ1) is 16.0. The van der Waals surface area contributed by atoms with E-state index in [1.807, 2.05) is 0 Å². The van der Waals surface area contributed by atoms with Crippen LogP contribution in [0.2, 0.25) is 5.02 Å². The molecule has 0 saturated heterocycles. The summed E-state index contributed by atoms with van der Waals surface area (Å²) in [5.74, 6) is 0.127. The number of hydrogen-bond acceptors (Lipinski definition) is 4. The second-order valence-corrected chi connectivity index (χ2v) is 5.29. The summed E-state index contributed by atoms with van der Waals surface area (Å²) in [6.07, 6.45) is 0. The molecule has 1 heterocycles. The number of carbonyl (C=O) groups excluding carboxylic acids is 1. The van der Waals surface area contributed by atoms with Gasteiger partial charge in [0.05, 0.1) is 7.11 Å². The Morgan fingerprint density at radius 3 is 2.50 bits per heavy atom. The van der Waals surface area contributed by atoms with Crippen LogP contribution in [0.15, 0.2) is 35.1 Å². The van der Waals surface area contributed by atoms with E-state index < -0.39 is 5.56 Å². The molecular weight excluding hydrogens is 306 g/mol. The maximum Gasteiger partial charge on any atom is 0.270 e. The largest absolute Gasteiger partial charge is 0.494 e. The van der Waals surface area contributed by atoms with Crippen molar-refractivity contribution >= 4 is 17.5 Å². The maximum atomic E-state index is 12.0. The Kier molecular flexibility index (Phi) is 4.82. The molecule has 6 nitrogen and oxygen atoms in total. The van der Waals surface area contributed by atoms with E-state index in [1.54, 1.807) is 38.4 Å². The molecule has 0 atom stereocenters. The Morgan fingerprint density at radius 1 is 1.32 bits per heavy atom. The smallest absolute Gasteiger partial charge is 0.270 e. The molecule has 0 bridgehead atoms. The highest BCUT2D eigenvalue weighted by Gasteiger charge is 2.14. The highest BCUT2D eigenvalue weighted by molar-refractivity contribution is 6.30. The number of methoxy groups -OCH3 is 1. The maximum absolute atomic E-state index is 12.0. The summed E-state index contributed by atoms with van der Waals surface area (Å²) in [5, 5.41) is 4.85. The number of likely N-dealkylation sites (N-methyl/N-ethyl adjacent to an activating group) is 1. The van der Waals surface area contributed by atoms with Gasteiger partial charge in [-0.05, 0) is 12.1 Å². The first-order chi connectivity index (χ1) is 10.4.